The first-order valence-electron chi connectivity index (χ1n) is 7.95. The van der Waals surface area contributed by atoms with E-state index in [9.17, 15) is 4.79 Å². The van der Waals surface area contributed by atoms with Crippen molar-refractivity contribution in [1.82, 2.24) is 10.2 Å². The van der Waals surface area contributed by atoms with E-state index in [-0.39, 0.29) is 5.91 Å². The average Bonchev–Trinajstić information content (AvgIpc) is 2.98. The summed E-state index contributed by atoms with van der Waals surface area (Å²) < 4.78 is 0. The Labute approximate surface area is 132 Å². The molecule has 1 saturated heterocycles. The summed E-state index contributed by atoms with van der Waals surface area (Å²) in [5.74, 6) is 0.185. The highest BCUT2D eigenvalue weighted by atomic mass is 35.5. The van der Waals surface area contributed by atoms with E-state index in [1.54, 1.807) is 0 Å². The van der Waals surface area contributed by atoms with Gasteiger partial charge in [-0.05, 0) is 37.4 Å². The molecule has 1 aromatic rings. The van der Waals surface area contributed by atoms with Gasteiger partial charge in [-0.2, -0.15) is 0 Å². The molecule has 1 atom stereocenters. The zero-order valence-corrected chi connectivity index (χ0v) is 13.5. The van der Waals surface area contributed by atoms with Crippen LogP contribution in [0.15, 0.2) is 24.3 Å². The van der Waals surface area contributed by atoms with Crippen LogP contribution in [-0.4, -0.2) is 36.5 Å². The molecular weight excluding hydrogens is 284 g/mol. The number of hydrogen-bond acceptors (Lipinski definition) is 2. The number of unbranched alkanes of at least 4 members (excludes halogenated alkanes) is 1. The highest BCUT2D eigenvalue weighted by Crippen LogP contribution is 2.17. The van der Waals surface area contributed by atoms with E-state index in [0.717, 1.165) is 38.0 Å². The van der Waals surface area contributed by atoms with Crippen LogP contribution < -0.4 is 5.32 Å². The van der Waals surface area contributed by atoms with Gasteiger partial charge in [-0.15, -0.1) is 0 Å². The lowest BCUT2D eigenvalue weighted by molar-refractivity contribution is -0.130. The minimum atomic E-state index is 0.185. The molecule has 0 spiro atoms. The van der Waals surface area contributed by atoms with E-state index in [2.05, 4.69) is 12.2 Å². The number of halogens is 1. The third kappa shape index (κ3) is 5.01. The lowest BCUT2D eigenvalue weighted by Gasteiger charge is -2.26. The van der Waals surface area contributed by atoms with Gasteiger partial charge in [0.05, 0.1) is 6.42 Å². The Morgan fingerprint density at radius 1 is 1.43 bits per heavy atom. The molecule has 0 bridgehead atoms. The Bertz CT molecular complexity index is 458. The van der Waals surface area contributed by atoms with Gasteiger partial charge in [0.25, 0.3) is 0 Å². The third-order valence-corrected chi connectivity index (χ3v) is 4.41. The average molecular weight is 309 g/mol. The molecule has 1 unspecified atom stereocenters. The van der Waals surface area contributed by atoms with E-state index < -0.39 is 0 Å². The van der Waals surface area contributed by atoms with Crippen molar-refractivity contribution in [1.29, 1.82) is 0 Å². The summed E-state index contributed by atoms with van der Waals surface area (Å²) >= 11 is 6.16. The number of carbonyl (C=O) groups is 1. The van der Waals surface area contributed by atoms with Gasteiger partial charge in [0, 0.05) is 24.2 Å². The van der Waals surface area contributed by atoms with Crippen molar-refractivity contribution in [2.45, 2.75) is 45.1 Å². The Morgan fingerprint density at radius 3 is 2.90 bits per heavy atom. The minimum absolute atomic E-state index is 0.185. The highest BCUT2D eigenvalue weighted by molar-refractivity contribution is 6.31. The molecule has 4 heteroatoms. The highest BCUT2D eigenvalue weighted by Gasteiger charge is 2.21. The Hall–Kier alpha value is -1.06. The predicted octanol–water partition coefficient (Wildman–Crippen LogP) is 3.26. The molecule has 0 aliphatic carbocycles. The fourth-order valence-corrected chi connectivity index (χ4v) is 2.96. The van der Waals surface area contributed by atoms with Gasteiger partial charge in [-0.1, -0.05) is 43.1 Å². The van der Waals surface area contributed by atoms with Crippen LogP contribution in [0.25, 0.3) is 0 Å². The standard InChI is InChI=1S/C17H25ClN2O/c1-2-3-11-20(13-15-8-6-10-19-15)17(21)12-14-7-4-5-9-16(14)18/h4-5,7,9,15,19H,2-3,6,8,10-13H2,1H3. The molecule has 2 rings (SSSR count). The van der Waals surface area contributed by atoms with Crippen LogP contribution in [0.4, 0.5) is 0 Å². The Morgan fingerprint density at radius 2 is 2.24 bits per heavy atom. The lowest BCUT2D eigenvalue weighted by atomic mass is 10.1. The molecule has 116 valence electrons. The number of benzene rings is 1. The largest absolute Gasteiger partial charge is 0.341 e. The molecule has 1 N–H and O–H groups in total. The molecule has 0 aromatic heterocycles. The smallest absolute Gasteiger partial charge is 0.227 e. The maximum Gasteiger partial charge on any atom is 0.227 e. The Kier molecular flexibility index (Phi) is 6.52. The van der Waals surface area contributed by atoms with Crippen molar-refractivity contribution >= 4 is 17.5 Å². The maximum absolute atomic E-state index is 12.6. The first-order chi connectivity index (χ1) is 10.2. The number of amides is 1. The van der Waals surface area contributed by atoms with Gasteiger partial charge in [-0.25, -0.2) is 0 Å². The van der Waals surface area contributed by atoms with Crippen LogP contribution in [-0.2, 0) is 11.2 Å². The number of nitrogens with one attached hydrogen (secondary N) is 1. The molecule has 1 aromatic carbocycles. The summed E-state index contributed by atoms with van der Waals surface area (Å²) in [5.41, 5.74) is 0.921. The van der Waals surface area contributed by atoms with E-state index in [0.29, 0.717) is 17.5 Å². The van der Waals surface area contributed by atoms with Crippen molar-refractivity contribution in [2.24, 2.45) is 0 Å². The SMILES string of the molecule is CCCCN(CC1CCCN1)C(=O)Cc1ccccc1Cl. The van der Waals surface area contributed by atoms with Crippen LogP contribution in [0.2, 0.25) is 5.02 Å². The molecule has 1 aliphatic rings. The van der Waals surface area contributed by atoms with Gasteiger partial charge in [0.15, 0.2) is 0 Å². The number of rotatable bonds is 7. The molecule has 21 heavy (non-hydrogen) atoms. The van der Waals surface area contributed by atoms with Crippen molar-refractivity contribution < 1.29 is 4.79 Å². The molecular formula is C17H25ClN2O. The van der Waals surface area contributed by atoms with Crippen LogP contribution >= 0.6 is 11.6 Å². The summed E-state index contributed by atoms with van der Waals surface area (Å²) in [6.45, 7) is 4.90. The number of carbonyl (C=O) groups excluding carboxylic acids is 1. The van der Waals surface area contributed by atoms with E-state index in [4.69, 9.17) is 11.6 Å². The van der Waals surface area contributed by atoms with Gasteiger partial charge in [-0.3, -0.25) is 4.79 Å². The van der Waals surface area contributed by atoms with Crippen LogP contribution in [0.3, 0.4) is 0 Å². The molecule has 1 heterocycles. The van der Waals surface area contributed by atoms with Crippen molar-refractivity contribution in [3.05, 3.63) is 34.9 Å². The predicted molar refractivity (Wildman–Crippen MR) is 87.7 cm³/mol. The van der Waals surface area contributed by atoms with Gasteiger partial charge in [0.1, 0.15) is 0 Å². The fourth-order valence-electron chi connectivity index (χ4n) is 2.76. The number of hydrogen-bond donors (Lipinski definition) is 1. The van der Waals surface area contributed by atoms with Crippen molar-refractivity contribution in [3.63, 3.8) is 0 Å². The normalized spacial score (nSPS) is 17.9. The second kappa shape index (κ2) is 8.40. The summed E-state index contributed by atoms with van der Waals surface area (Å²) in [4.78, 5) is 14.6. The summed E-state index contributed by atoms with van der Waals surface area (Å²) in [6, 6.07) is 8.07. The zero-order valence-electron chi connectivity index (χ0n) is 12.8. The molecule has 0 saturated carbocycles. The molecule has 1 amide bonds. The topological polar surface area (TPSA) is 32.3 Å². The van der Waals surface area contributed by atoms with Gasteiger partial charge in [0.2, 0.25) is 5.91 Å². The molecule has 1 aliphatic heterocycles. The van der Waals surface area contributed by atoms with E-state index >= 15 is 0 Å². The second-order valence-electron chi connectivity index (χ2n) is 5.75. The van der Waals surface area contributed by atoms with Gasteiger partial charge >= 0.3 is 0 Å². The summed E-state index contributed by atoms with van der Waals surface area (Å²) in [7, 11) is 0. The first-order valence-corrected chi connectivity index (χ1v) is 8.33. The summed E-state index contributed by atoms with van der Waals surface area (Å²) in [5, 5.41) is 4.15. The second-order valence-corrected chi connectivity index (χ2v) is 6.16. The fraction of sp³-hybridized carbons (Fsp3) is 0.588. The molecule has 0 radical (unpaired) electrons. The van der Waals surface area contributed by atoms with Gasteiger partial charge < -0.3 is 10.2 Å². The quantitative estimate of drug-likeness (QED) is 0.838. The number of nitrogens with zero attached hydrogens (tertiary/aromatic N) is 1. The monoisotopic (exact) mass is 308 g/mol. The van der Waals surface area contributed by atoms with Crippen molar-refractivity contribution in [2.75, 3.05) is 19.6 Å². The Balaban J connectivity index is 1.97. The maximum atomic E-state index is 12.6. The van der Waals surface area contributed by atoms with E-state index in [1.807, 2.05) is 29.2 Å². The van der Waals surface area contributed by atoms with Crippen molar-refractivity contribution in [3.8, 4) is 0 Å². The lowest BCUT2D eigenvalue weighted by Crippen LogP contribution is -2.42. The third-order valence-electron chi connectivity index (χ3n) is 4.04. The molecule has 1 fully saturated rings. The van der Waals surface area contributed by atoms with Crippen LogP contribution in [0.1, 0.15) is 38.2 Å². The van der Waals surface area contributed by atoms with Crippen LogP contribution in [0, 0.1) is 0 Å². The summed E-state index contributed by atoms with van der Waals surface area (Å²) in [6.07, 6.45) is 4.94. The zero-order chi connectivity index (χ0) is 15.1. The first kappa shape index (κ1) is 16.3. The molecule has 3 nitrogen and oxygen atoms in total. The van der Waals surface area contributed by atoms with E-state index in [1.165, 1.54) is 12.8 Å². The minimum Gasteiger partial charge on any atom is -0.341 e. The van der Waals surface area contributed by atoms with Crippen LogP contribution in [0.5, 0.6) is 0 Å².